The summed E-state index contributed by atoms with van der Waals surface area (Å²) in [6.07, 6.45) is 0.849. The Bertz CT molecular complexity index is 1170. The Morgan fingerprint density at radius 1 is 0.912 bits per heavy atom. The van der Waals surface area contributed by atoms with E-state index in [9.17, 15) is 14.0 Å². The van der Waals surface area contributed by atoms with Crippen LogP contribution in [0.3, 0.4) is 0 Å². The number of likely N-dealkylation sites (tertiary alicyclic amines) is 1. The number of amides is 3. The molecule has 3 amide bonds. The first-order valence-electron chi connectivity index (χ1n) is 11.2. The summed E-state index contributed by atoms with van der Waals surface area (Å²) >= 11 is 5.92. The van der Waals surface area contributed by atoms with Gasteiger partial charge in [-0.05, 0) is 60.5 Å². The number of carbonyl (C=O) groups is 2. The van der Waals surface area contributed by atoms with E-state index in [4.69, 9.17) is 11.6 Å². The van der Waals surface area contributed by atoms with Gasteiger partial charge in [-0.15, -0.1) is 0 Å². The smallest absolute Gasteiger partial charge is 0.320 e. The van der Waals surface area contributed by atoms with E-state index >= 15 is 0 Å². The van der Waals surface area contributed by atoms with Gasteiger partial charge in [-0.25, -0.2) is 9.18 Å². The predicted molar refractivity (Wildman–Crippen MR) is 130 cm³/mol. The summed E-state index contributed by atoms with van der Waals surface area (Å²) in [4.78, 5) is 30.5. The van der Waals surface area contributed by atoms with E-state index in [1.165, 1.54) is 12.1 Å². The SMILES string of the molecule is O=C(Nc1ccc(Cl)cc1)NC(C(=O)N1CC2C[C@@H]1CN2c1ccc(F)cc1)c1ccccc1. The summed E-state index contributed by atoms with van der Waals surface area (Å²) < 4.78 is 13.3. The number of nitrogens with one attached hydrogen (secondary N) is 2. The Balaban J connectivity index is 1.30. The normalized spacial score (nSPS) is 19.7. The first-order valence-corrected chi connectivity index (χ1v) is 11.6. The Kier molecular flexibility index (Phi) is 6.11. The van der Waals surface area contributed by atoms with Crippen LogP contribution in [0.4, 0.5) is 20.6 Å². The fourth-order valence-electron chi connectivity index (χ4n) is 4.82. The highest BCUT2D eigenvalue weighted by Gasteiger charge is 2.47. The first-order chi connectivity index (χ1) is 16.5. The van der Waals surface area contributed by atoms with E-state index < -0.39 is 12.1 Å². The molecule has 0 saturated carbocycles. The number of urea groups is 1. The zero-order valence-electron chi connectivity index (χ0n) is 18.3. The van der Waals surface area contributed by atoms with Crippen molar-refractivity contribution < 1.29 is 14.0 Å². The monoisotopic (exact) mass is 478 g/mol. The Labute approximate surface area is 202 Å². The number of carbonyl (C=O) groups excluding carboxylic acids is 2. The van der Waals surface area contributed by atoms with E-state index in [1.807, 2.05) is 35.2 Å². The molecule has 2 N–H and O–H groups in total. The summed E-state index contributed by atoms with van der Waals surface area (Å²) in [6.45, 7) is 1.24. The lowest BCUT2D eigenvalue weighted by Gasteiger charge is -2.37. The third-order valence-corrected chi connectivity index (χ3v) is 6.69. The van der Waals surface area contributed by atoms with Crippen LogP contribution in [0, 0.1) is 5.82 Å². The highest BCUT2D eigenvalue weighted by molar-refractivity contribution is 6.30. The Hall–Kier alpha value is -3.58. The van der Waals surface area contributed by atoms with Crippen LogP contribution in [0.15, 0.2) is 78.9 Å². The molecular weight excluding hydrogens is 455 g/mol. The predicted octanol–water partition coefficient (Wildman–Crippen LogP) is 4.83. The quantitative estimate of drug-likeness (QED) is 0.552. The average molecular weight is 479 g/mol. The van der Waals surface area contributed by atoms with Crippen LogP contribution in [0.1, 0.15) is 18.0 Å². The summed E-state index contributed by atoms with van der Waals surface area (Å²) in [6, 6.07) is 21.4. The Morgan fingerprint density at radius 2 is 1.62 bits per heavy atom. The lowest BCUT2D eigenvalue weighted by atomic mass is 10.0. The molecule has 3 atom stereocenters. The molecule has 0 spiro atoms. The molecule has 3 aromatic rings. The van der Waals surface area contributed by atoms with Gasteiger partial charge in [0.2, 0.25) is 5.91 Å². The van der Waals surface area contributed by atoms with Gasteiger partial charge in [0, 0.05) is 35.5 Å². The van der Waals surface area contributed by atoms with Crippen LogP contribution in [-0.2, 0) is 4.79 Å². The highest BCUT2D eigenvalue weighted by Crippen LogP contribution is 2.36. The van der Waals surface area contributed by atoms with Crippen molar-refractivity contribution >= 4 is 34.9 Å². The number of rotatable bonds is 5. The molecule has 34 heavy (non-hydrogen) atoms. The number of nitrogens with zero attached hydrogens (tertiary/aromatic N) is 2. The van der Waals surface area contributed by atoms with E-state index in [1.54, 1.807) is 36.4 Å². The van der Waals surface area contributed by atoms with E-state index in [2.05, 4.69) is 15.5 Å². The average Bonchev–Trinajstić information content (AvgIpc) is 3.46. The second kappa shape index (κ2) is 9.35. The fraction of sp³-hybridized carbons (Fsp3) is 0.231. The summed E-state index contributed by atoms with van der Waals surface area (Å²) in [5.74, 6) is -0.401. The number of hydrogen-bond donors (Lipinski definition) is 2. The van der Waals surface area contributed by atoms with Crippen LogP contribution in [-0.4, -0.2) is 42.0 Å². The van der Waals surface area contributed by atoms with Gasteiger partial charge in [0.15, 0.2) is 0 Å². The molecule has 0 aliphatic carbocycles. The molecule has 2 saturated heterocycles. The highest BCUT2D eigenvalue weighted by atomic mass is 35.5. The second-order valence-corrected chi connectivity index (χ2v) is 9.05. The number of piperazine rings is 1. The number of fused-ring (bicyclic) bond motifs is 2. The van der Waals surface area contributed by atoms with Gasteiger partial charge < -0.3 is 20.4 Å². The van der Waals surface area contributed by atoms with Gasteiger partial charge in [0.1, 0.15) is 11.9 Å². The summed E-state index contributed by atoms with van der Waals surface area (Å²) in [5, 5.41) is 6.19. The van der Waals surface area contributed by atoms with E-state index in [-0.39, 0.29) is 23.8 Å². The zero-order valence-corrected chi connectivity index (χ0v) is 19.1. The van der Waals surface area contributed by atoms with Crippen molar-refractivity contribution in [3.8, 4) is 0 Å². The lowest BCUT2D eigenvalue weighted by Crippen LogP contribution is -2.52. The van der Waals surface area contributed by atoms with Gasteiger partial charge in [-0.3, -0.25) is 4.79 Å². The van der Waals surface area contributed by atoms with Crippen LogP contribution in [0.5, 0.6) is 0 Å². The molecule has 2 aliphatic heterocycles. The Morgan fingerprint density at radius 3 is 2.26 bits per heavy atom. The third-order valence-electron chi connectivity index (χ3n) is 6.44. The standard InChI is InChI=1S/C26H24ClFN4O2/c27-18-6-10-20(11-7-18)29-26(34)30-24(17-4-2-1-3-5-17)25(33)32-16-22-14-23(32)15-31(22)21-12-8-19(28)9-13-21/h1-13,22-24H,14-16H2,(H2,29,30,34)/t22?,23-,24?/m1/s1. The molecule has 2 fully saturated rings. The summed E-state index contributed by atoms with van der Waals surface area (Å²) in [7, 11) is 0. The first kappa shape index (κ1) is 22.2. The molecule has 2 unspecified atom stereocenters. The molecular formula is C26H24ClFN4O2. The van der Waals surface area contributed by atoms with Gasteiger partial charge in [0.25, 0.3) is 0 Å². The van der Waals surface area contributed by atoms with Crippen molar-refractivity contribution in [1.82, 2.24) is 10.2 Å². The van der Waals surface area contributed by atoms with Crippen molar-refractivity contribution in [3.05, 3.63) is 95.3 Å². The molecule has 0 radical (unpaired) electrons. The van der Waals surface area contributed by atoms with Crippen LogP contribution in [0.25, 0.3) is 0 Å². The molecule has 2 bridgehead atoms. The maximum absolute atomic E-state index is 13.7. The lowest BCUT2D eigenvalue weighted by molar-refractivity contribution is -0.134. The number of halogens is 2. The topological polar surface area (TPSA) is 64.7 Å². The molecule has 2 aliphatic rings. The second-order valence-electron chi connectivity index (χ2n) is 8.61. The maximum atomic E-state index is 13.7. The molecule has 6 nitrogen and oxygen atoms in total. The van der Waals surface area contributed by atoms with Gasteiger partial charge in [0.05, 0.1) is 6.04 Å². The van der Waals surface area contributed by atoms with Gasteiger partial charge in [-0.1, -0.05) is 41.9 Å². The molecule has 8 heteroatoms. The fourth-order valence-corrected chi connectivity index (χ4v) is 4.94. The molecule has 3 aromatic carbocycles. The molecule has 2 heterocycles. The maximum Gasteiger partial charge on any atom is 0.320 e. The van der Waals surface area contributed by atoms with E-state index in [0.29, 0.717) is 23.8 Å². The zero-order chi connectivity index (χ0) is 23.7. The van der Waals surface area contributed by atoms with Crippen molar-refractivity contribution in [2.75, 3.05) is 23.3 Å². The van der Waals surface area contributed by atoms with Gasteiger partial charge in [-0.2, -0.15) is 0 Å². The largest absolute Gasteiger partial charge is 0.365 e. The van der Waals surface area contributed by atoms with Crippen LogP contribution in [0.2, 0.25) is 5.02 Å². The number of benzene rings is 3. The van der Waals surface area contributed by atoms with Crippen molar-refractivity contribution in [2.45, 2.75) is 24.5 Å². The minimum atomic E-state index is -0.813. The van der Waals surface area contributed by atoms with Gasteiger partial charge >= 0.3 is 6.03 Å². The van der Waals surface area contributed by atoms with Crippen LogP contribution >= 0.6 is 11.6 Å². The van der Waals surface area contributed by atoms with Crippen LogP contribution < -0.4 is 15.5 Å². The minimum Gasteiger partial charge on any atom is -0.365 e. The van der Waals surface area contributed by atoms with E-state index in [0.717, 1.165) is 17.7 Å². The van der Waals surface area contributed by atoms with Crippen molar-refractivity contribution in [2.24, 2.45) is 0 Å². The minimum absolute atomic E-state index is 0.0369. The molecule has 5 rings (SSSR count). The molecule has 174 valence electrons. The molecule has 0 aromatic heterocycles. The number of anilines is 2. The summed E-state index contributed by atoms with van der Waals surface area (Å²) in [5.41, 5.74) is 2.26. The third kappa shape index (κ3) is 4.56. The van der Waals surface area contributed by atoms with Crippen molar-refractivity contribution in [1.29, 1.82) is 0 Å². The number of hydrogen-bond acceptors (Lipinski definition) is 3. The van der Waals surface area contributed by atoms with Crippen molar-refractivity contribution in [3.63, 3.8) is 0 Å².